The van der Waals surface area contributed by atoms with Crippen LogP contribution in [-0.2, 0) is 13.0 Å². The molecule has 0 aliphatic heterocycles. The van der Waals surface area contributed by atoms with Crippen molar-refractivity contribution in [3.8, 4) is 5.75 Å². The van der Waals surface area contributed by atoms with E-state index in [1.54, 1.807) is 13.3 Å². The molecule has 1 rings (SSSR count). The van der Waals surface area contributed by atoms with Crippen LogP contribution in [0.3, 0.4) is 0 Å². The fraction of sp³-hybridized carbons (Fsp3) is 0.667. The summed E-state index contributed by atoms with van der Waals surface area (Å²) in [6, 6.07) is 0. The maximum absolute atomic E-state index is 5.21. The highest BCUT2D eigenvalue weighted by atomic mass is 16.5. The van der Waals surface area contributed by atoms with Gasteiger partial charge in [0.2, 0.25) is 0 Å². The molecule has 0 radical (unpaired) electrons. The van der Waals surface area contributed by atoms with Crippen molar-refractivity contribution < 1.29 is 4.74 Å². The first-order valence-corrected chi connectivity index (χ1v) is 4.56. The van der Waals surface area contributed by atoms with Gasteiger partial charge in [-0.05, 0) is 14.0 Å². The zero-order valence-corrected chi connectivity index (χ0v) is 8.50. The van der Waals surface area contributed by atoms with Crippen LogP contribution in [0.4, 0.5) is 0 Å². The molecule has 0 fully saturated rings. The molecule has 0 amide bonds. The lowest BCUT2D eigenvalue weighted by Crippen LogP contribution is -2.14. The number of ether oxygens (including phenoxy) is 1. The summed E-state index contributed by atoms with van der Waals surface area (Å²) < 4.78 is 7.18. The van der Waals surface area contributed by atoms with Gasteiger partial charge in [-0.3, -0.25) is 4.68 Å². The minimum absolute atomic E-state index is 0.886. The Hall–Kier alpha value is -1.03. The van der Waals surface area contributed by atoms with Gasteiger partial charge in [-0.1, -0.05) is 0 Å². The molecule has 74 valence electrons. The molecule has 0 aliphatic carbocycles. The molecule has 0 unspecified atom stereocenters. The third-order valence-electron chi connectivity index (χ3n) is 2.04. The summed E-state index contributed by atoms with van der Waals surface area (Å²) in [5.74, 6) is 0.886. The van der Waals surface area contributed by atoms with Crippen LogP contribution in [0.2, 0.25) is 0 Å². The number of likely N-dealkylation sites (N-methyl/N-ethyl adjacent to an activating group) is 1. The minimum Gasteiger partial charge on any atom is -0.493 e. The van der Waals surface area contributed by atoms with E-state index in [0.717, 1.165) is 25.3 Å². The Morgan fingerprint density at radius 1 is 1.62 bits per heavy atom. The van der Waals surface area contributed by atoms with Crippen molar-refractivity contribution in [1.29, 1.82) is 0 Å². The Labute approximate surface area is 78.9 Å². The number of methoxy groups -OCH3 is 1. The molecule has 1 aromatic heterocycles. The highest BCUT2D eigenvalue weighted by molar-refractivity contribution is 5.25. The highest BCUT2D eigenvalue weighted by Crippen LogP contribution is 2.17. The molecule has 0 saturated heterocycles. The first-order valence-electron chi connectivity index (χ1n) is 4.56. The monoisotopic (exact) mass is 183 g/mol. The summed E-state index contributed by atoms with van der Waals surface area (Å²) in [5, 5.41) is 7.33. The lowest BCUT2D eigenvalue weighted by atomic mass is 10.3. The van der Waals surface area contributed by atoms with Crippen LogP contribution in [0.15, 0.2) is 6.20 Å². The zero-order chi connectivity index (χ0) is 9.68. The summed E-state index contributed by atoms with van der Waals surface area (Å²) in [6.07, 6.45) is 2.72. The standard InChI is InChI=1S/C9H17N3O/c1-4-12-8(5-6-10-2)9(13-3)7-11-12/h7,10H,4-6H2,1-3H3. The topological polar surface area (TPSA) is 39.1 Å². The van der Waals surface area contributed by atoms with Crippen molar-refractivity contribution >= 4 is 0 Å². The van der Waals surface area contributed by atoms with E-state index in [1.807, 2.05) is 11.7 Å². The molecule has 1 N–H and O–H groups in total. The molecule has 0 spiro atoms. The van der Waals surface area contributed by atoms with Crippen molar-refractivity contribution in [2.24, 2.45) is 0 Å². The van der Waals surface area contributed by atoms with Gasteiger partial charge in [-0.25, -0.2) is 0 Å². The molecule has 13 heavy (non-hydrogen) atoms. The molecular formula is C9H17N3O. The van der Waals surface area contributed by atoms with Gasteiger partial charge in [0, 0.05) is 19.5 Å². The normalized spacial score (nSPS) is 10.4. The van der Waals surface area contributed by atoms with Crippen molar-refractivity contribution in [2.75, 3.05) is 20.7 Å². The number of nitrogens with one attached hydrogen (secondary N) is 1. The number of hydrogen-bond donors (Lipinski definition) is 1. The van der Waals surface area contributed by atoms with Gasteiger partial charge < -0.3 is 10.1 Å². The summed E-state index contributed by atoms with van der Waals surface area (Å²) >= 11 is 0. The Morgan fingerprint density at radius 2 is 2.38 bits per heavy atom. The third-order valence-corrected chi connectivity index (χ3v) is 2.04. The van der Waals surface area contributed by atoms with Gasteiger partial charge in [0.15, 0.2) is 5.75 Å². The zero-order valence-electron chi connectivity index (χ0n) is 8.50. The molecule has 0 aromatic carbocycles. The molecular weight excluding hydrogens is 166 g/mol. The summed E-state index contributed by atoms with van der Waals surface area (Å²) in [6.45, 7) is 3.92. The summed E-state index contributed by atoms with van der Waals surface area (Å²) in [7, 11) is 3.62. The average molecular weight is 183 g/mol. The fourth-order valence-corrected chi connectivity index (χ4v) is 1.33. The lowest BCUT2D eigenvalue weighted by molar-refractivity contribution is 0.407. The molecule has 0 atom stereocenters. The van der Waals surface area contributed by atoms with Gasteiger partial charge >= 0.3 is 0 Å². The number of aromatic nitrogens is 2. The predicted molar refractivity (Wildman–Crippen MR) is 52.1 cm³/mol. The maximum atomic E-state index is 5.21. The van der Waals surface area contributed by atoms with Crippen LogP contribution in [0.5, 0.6) is 5.75 Å². The molecule has 4 nitrogen and oxygen atoms in total. The van der Waals surface area contributed by atoms with Crippen LogP contribution < -0.4 is 10.1 Å². The van der Waals surface area contributed by atoms with Gasteiger partial charge in [-0.15, -0.1) is 0 Å². The van der Waals surface area contributed by atoms with E-state index >= 15 is 0 Å². The summed E-state index contributed by atoms with van der Waals surface area (Å²) in [5.41, 5.74) is 1.17. The lowest BCUT2D eigenvalue weighted by Gasteiger charge is -2.06. The van der Waals surface area contributed by atoms with Crippen LogP contribution in [-0.4, -0.2) is 30.5 Å². The molecule has 0 aliphatic rings. The van der Waals surface area contributed by atoms with Crippen LogP contribution >= 0.6 is 0 Å². The summed E-state index contributed by atoms with van der Waals surface area (Å²) in [4.78, 5) is 0. The Bertz CT molecular complexity index is 236. The minimum atomic E-state index is 0.886. The van der Waals surface area contributed by atoms with Crippen molar-refractivity contribution in [1.82, 2.24) is 15.1 Å². The van der Waals surface area contributed by atoms with Gasteiger partial charge in [0.05, 0.1) is 19.0 Å². The van der Waals surface area contributed by atoms with Crippen molar-refractivity contribution in [3.63, 3.8) is 0 Å². The van der Waals surface area contributed by atoms with E-state index in [9.17, 15) is 0 Å². The smallest absolute Gasteiger partial charge is 0.159 e. The van der Waals surface area contributed by atoms with Crippen LogP contribution in [0, 0.1) is 0 Å². The quantitative estimate of drug-likeness (QED) is 0.729. The highest BCUT2D eigenvalue weighted by Gasteiger charge is 2.08. The van der Waals surface area contributed by atoms with Gasteiger partial charge in [-0.2, -0.15) is 5.10 Å². The molecule has 1 heterocycles. The van der Waals surface area contributed by atoms with E-state index in [4.69, 9.17) is 4.74 Å². The van der Waals surface area contributed by atoms with Crippen LogP contribution in [0.25, 0.3) is 0 Å². The van der Waals surface area contributed by atoms with E-state index in [0.29, 0.717) is 0 Å². The van der Waals surface area contributed by atoms with Crippen molar-refractivity contribution in [2.45, 2.75) is 19.9 Å². The second kappa shape index (κ2) is 4.87. The third kappa shape index (κ3) is 2.21. The molecule has 1 aromatic rings. The Morgan fingerprint density at radius 3 is 2.92 bits per heavy atom. The van der Waals surface area contributed by atoms with E-state index < -0.39 is 0 Å². The van der Waals surface area contributed by atoms with E-state index in [1.165, 1.54) is 5.69 Å². The number of aryl methyl sites for hydroxylation is 1. The maximum Gasteiger partial charge on any atom is 0.159 e. The largest absolute Gasteiger partial charge is 0.493 e. The van der Waals surface area contributed by atoms with Gasteiger partial charge in [0.1, 0.15) is 0 Å². The molecule has 4 heteroatoms. The SMILES string of the molecule is CCn1ncc(OC)c1CCNC. The Balaban J connectivity index is 2.78. The number of nitrogens with zero attached hydrogens (tertiary/aromatic N) is 2. The van der Waals surface area contributed by atoms with Crippen molar-refractivity contribution in [3.05, 3.63) is 11.9 Å². The fourth-order valence-electron chi connectivity index (χ4n) is 1.33. The first-order chi connectivity index (χ1) is 6.33. The van der Waals surface area contributed by atoms with E-state index in [2.05, 4.69) is 17.3 Å². The number of rotatable bonds is 5. The predicted octanol–water partition coefficient (Wildman–Crippen LogP) is 0.673. The average Bonchev–Trinajstić information content (AvgIpc) is 2.56. The molecule has 0 bridgehead atoms. The van der Waals surface area contributed by atoms with Crippen LogP contribution in [0.1, 0.15) is 12.6 Å². The number of hydrogen-bond acceptors (Lipinski definition) is 3. The molecule has 0 saturated carbocycles. The van der Waals surface area contributed by atoms with Gasteiger partial charge in [0.25, 0.3) is 0 Å². The van der Waals surface area contributed by atoms with E-state index in [-0.39, 0.29) is 0 Å². The second-order valence-electron chi connectivity index (χ2n) is 2.83. The first kappa shape index (κ1) is 10.1. The second-order valence-corrected chi connectivity index (χ2v) is 2.83. The Kier molecular flexibility index (Phi) is 3.76.